The Hall–Kier alpha value is -0.740. The Morgan fingerprint density at radius 1 is 1.16 bits per heavy atom. The summed E-state index contributed by atoms with van der Waals surface area (Å²) in [7, 11) is 1.72. The van der Waals surface area contributed by atoms with Crippen molar-refractivity contribution in [2.45, 2.75) is 46.6 Å². The van der Waals surface area contributed by atoms with Gasteiger partial charge in [-0.3, -0.25) is 0 Å². The molecule has 3 N–H and O–H groups in total. The minimum atomic E-state index is -0.0616. The lowest BCUT2D eigenvalue weighted by Crippen LogP contribution is -2.34. The summed E-state index contributed by atoms with van der Waals surface area (Å²) in [5, 5.41) is 3.58. The number of nitrogens with two attached hydrogens (primary N) is 1. The minimum Gasteiger partial charge on any atom is -0.494 e. The number of anilines is 1. The van der Waals surface area contributed by atoms with Gasteiger partial charge >= 0.3 is 0 Å². The van der Waals surface area contributed by atoms with Gasteiger partial charge in [0.25, 0.3) is 0 Å². The summed E-state index contributed by atoms with van der Waals surface area (Å²) in [5.41, 5.74) is 10.2. The second-order valence-corrected chi connectivity index (χ2v) is 6.44. The maximum absolute atomic E-state index is 5.68. The van der Waals surface area contributed by atoms with Gasteiger partial charge in [0.05, 0.1) is 12.8 Å². The average Bonchev–Trinajstić information content (AvgIpc) is 2.33. The molecular weight excluding hydrogens is 304 g/mol. The molecule has 0 atom stereocenters. The standard InChI is InChI=1S/C15H25BrN2O/c1-9-10(2)14(19-6)13(11(3)12(9)16)18-15(4,5)7-8-17/h18H,7-8,17H2,1-6H3. The number of hydrogen-bond acceptors (Lipinski definition) is 3. The highest BCUT2D eigenvalue weighted by atomic mass is 79.9. The molecule has 4 heteroatoms. The van der Waals surface area contributed by atoms with Gasteiger partial charge in [0.15, 0.2) is 0 Å². The Labute approximate surface area is 125 Å². The molecule has 1 aromatic carbocycles. The number of hydrogen-bond donors (Lipinski definition) is 2. The molecule has 0 saturated carbocycles. The number of halogens is 1. The molecule has 0 saturated heterocycles. The van der Waals surface area contributed by atoms with Crippen molar-refractivity contribution in [1.82, 2.24) is 0 Å². The minimum absolute atomic E-state index is 0.0616. The van der Waals surface area contributed by atoms with E-state index >= 15 is 0 Å². The van der Waals surface area contributed by atoms with Crippen molar-refractivity contribution >= 4 is 21.6 Å². The van der Waals surface area contributed by atoms with Gasteiger partial charge in [0.2, 0.25) is 0 Å². The van der Waals surface area contributed by atoms with Gasteiger partial charge in [-0.1, -0.05) is 15.9 Å². The zero-order chi connectivity index (χ0) is 14.8. The van der Waals surface area contributed by atoms with Crippen molar-refractivity contribution in [3.63, 3.8) is 0 Å². The van der Waals surface area contributed by atoms with Crippen LogP contribution < -0.4 is 15.8 Å². The molecule has 0 spiro atoms. The van der Waals surface area contributed by atoms with Gasteiger partial charge in [0.1, 0.15) is 5.75 Å². The third-order valence-corrected chi connectivity index (χ3v) is 4.79. The highest BCUT2D eigenvalue weighted by Crippen LogP contribution is 2.41. The van der Waals surface area contributed by atoms with E-state index < -0.39 is 0 Å². The van der Waals surface area contributed by atoms with Crippen LogP contribution in [0.25, 0.3) is 0 Å². The second kappa shape index (κ2) is 6.14. The molecule has 0 aromatic heterocycles. The first-order valence-corrected chi connectivity index (χ1v) is 7.36. The van der Waals surface area contributed by atoms with E-state index in [-0.39, 0.29) is 5.54 Å². The zero-order valence-corrected chi connectivity index (χ0v) is 14.4. The molecule has 0 aliphatic carbocycles. The summed E-state index contributed by atoms with van der Waals surface area (Å²) in [6.07, 6.45) is 0.903. The van der Waals surface area contributed by atoms with Crippen molar-refractivity contribution in [1.29, 1.82) is 0 Å². The molecule has 0 fully saturated rings. The lowest BCUT2D eigenvalue weighted by atomic mass is 9.97. The monoisotopic (exact) mass is 328 g/mol. The number of methoxy groups -OCH3 is 1. The van der Waals surface area contributed by atoms with Crippen LogP contribution in [0.4, 0.5) is 5.69 Å². The van der Waals surface area contributed by atoms with E-state index in [1.54, 1.807) is 7.11 Å². The van der Waals surface area contributed by atoms with Crippen LogP contribution in [0, 0.1) is 20.8 Å². The van der Waals surface area contributed by atoms with Crippen molar-refractivity contribution in [2.75, 3.05) is 19.0 Å². The molecule has 0 radical (unpaired) electrons. The van der Waals surface area contributed by atoms with Crippen LogP contribution >= 0.6 is 15.9 Å². The molecule has 0 bridgehead atoms. The normalized spacial score (nSPS) is 11.6. The number of ether oxygens (including phenoxy) is 1. The molecule has 1 aromatic rings. The summed E-state index contributed by atoms with van der Waals surface area (Å²) in [4.78, 5) is 0. The fourth-order valence-corrected chi connectivity index (χ4v) is 2.75. The third-order valence-electron chi connectivity index (χ3n) is 3.60. The summed E-state index contributed by atoms with van der Waals surface area (Å²) in [6.45, 7) is 11.3. The molecule has 0 heterocycles. The molecule has 0 aliphatic rings. The molecule has 0 amide bonds. The lowest BCUT2D eigenvalue weighted by molar-refractivity contribution is 0.409. The van der Waals surface area contributed by atoms with Gasteiger partial charge in [-0.05, 0) is 64.3 Å². The largest absolute Gasteiger partial charge is 0.494 e. The Kier molecular flexibility index (Phi) is 5.27. The van der Waals surface area contributed by atoms with Crippen molar-refractivity contribution in [2.24, 2.45) is 5.73 Å². The Morgan fingerprint density at radius 3 is 2.21 bits per heavy atom. The van der Waals surface area contributed by atoms with E-state index in [1.807, 2.05) is 0 Å². The molecule has 0 unspecified atom stereocenters. The van der Waals surface area contributed by atoms with E-state index in [1.165, 1.54) is 11.1 Å². The topological polar surface area (TPSA) is 47.3 Å². The van der Waals surface area contributed by atoms with Crippen molar-refractivity contribution in [3.05, 3.63) is 21.2 Å². The molecule has 1 rings (SSSR count). The van der Waals surface area contributed by atoms with Gasteiger partial charge in [-0.2, -0.15) is 0 Å². The molecule has 3 nitrogen and oxygen atoms in total. The van der Waals surface area contributed by atoms with E-state index in [2.05, 4.69) is 55.9 Å². The number of rotatable bonds is 5. The van der Waals surface area contributed by atoms with Crippen LogP contribution in [0.5, 0.6) is 5.75 Å². The van der Waals surface area contributed by atoms with Crippen molar-refractivity contribution < 1.29 is 4.74 Å². The van der Waals surface area contributed by atoms with Crippen LogP contribution in [-0.4, -0.2) is 19.2 Å². The molecule has 19 heavy (non-hydrogen) atoms. The molecule has 108 valence electrons. The second-order valence-electron chi connectivity index (χ2n) is 5.64. The van der Waals surface area contributed by atoms with Crippen LogP contribution in [-0.2, 0) is 0 Å². The maximum atomic E-state index is 5.68. The highest BCUT2D eigenvalue weighted by molar-refractivity contribution is 9.10. The SMILES string of the molecule is COc1c(C)c(C)c(Br)c(C)c1NC(C)(C)CCN. The maximum Gasteiger partial charge on any atom is 0.145 e. The summed E-state index contributed by atoms with van der Waals surface area (Å²) in [6, 6.07) is 0. The first-order chi connectivity index (χ1) is 8.75. The summed E-state index contributed by atoms with van der Waals surface area (Å²) < 4.78 is 6.74. The van der Waals surface area contributed by atoms with Crippen molar-refractivity contribution in [3.8, 4) is 5.75 Å². The Bertz CT molecular complexity index is 470. The van der Waals surface area contributed by atoms with Crippen LogP contribution in [0.3, 0.4) is 0 Å². The van der Waals surface area contributed by atoms with Gasteiger partial charge < -0.3 is 15.8 Å². The highest BCUT2D eigenvalue weighted by Gasteiger charge is 2.23. The number of benzene rings is 1. The third kappa shape index (κ3) is 3.42. The Balaban J connectivity index is 3.34. The van der Waals surface area contributed by atoms with E-state index in [4.69, 9.17) is 10.5 Å². The summed E-state index contributed by atoms with van der Waals surface area (Å²) >= 11 is 3.67. The van der Waals surface area contributed by atoms with Gasteiger partial charge in [-0.25, -0.2) is 0 Å². The van der Waals surface area contributed by atoms with E-state index in [0.29, 0.717) is 6.54 Å². The summed E-state index contributed by atoms with van der Waals surface area (Å²) in [5.74, 6) is 0.920. The van der Waals surface area contributed by atoms with Crippen LogP contribution in [0.1, 0.15) is 37.0 Å². The van der Waals surface area contributed by atoms with Gasteiger partial charge in [0, 0.05) is 10.0 Å². The predicted molar refractivity (Wildman–Crippen MR) is 86.3 cm³/mol. The average molecular weight is 329 g/mol. The fourth-order valence-electron chi connectivity index (χ4n) is 2.25. The number of nitrogens with one attached hydrogen (secondary N) is 1. The van der Waals surface area contributed by atoms with Gasteiger partial charge in [-0.15, -0.1) is 0 Å². The lowest BCUT2D eigenvalue weighted by Gasteiger charge is -2.30. The zero-order valence-electron chi connectivity index (χ0n) is 12.8. The predicted octanol–water partition coefficient (Wildman–Crippen LogP) is 3.92. The molecule has 0 aliphatic heterocycles. The quantitative estimate of drug-likeness (QED) is 0.861. The van der Waals surface area contributed by atoms with Crippen LogP contribution in [0.2, 0.25) is 0 Å². The fraction of sp³-hybridized carbons (Fsp3) is 0.600. The Morgan fingerprint density at radius 2 is 1.74 bits per heavy atom. The molecular formula is C15H25BrN2O. The van der Waals surface area contributed by atoms with E-state index in [0.717, 1.165) is 27.9 Å². The first kappa shape index (κ1) is 16.3. The first-order valence-electron chi connectivity index (χ1n) is 6.56. The van der Waals surface area contributed by atoms with Crippen LogP contribution in [0.15, 0.2) is 4.47 Å². The van der Waals surface area contributed by atoms with E-state index in [9.17, 15) is 0 Å². The smallest absolute Gasteiger partial charge is 0.145 e.